The van der Waals surface area contributed by atoms with Gasteiger partial charge in [-0.05, 0) is 73.2 Å². The predicted octanol–water partition coefficient (Wildman–Crippen LogP) is 7.04. The number of benzene rings is 3. The molecule has 7 rings (SSSR count). The zero-order valence-corrected chi connectivity index (χ0v) is 27.7. The van der Waals surface area contributed by atoms with Crippen molar-refractivity contribution in [2.45, 2.75) is 69.9 Å². The van der Waals surface area contributed by atoms with E-state index in [4.69, 9.17) is 9.57 Å². The molecule has 3 aromatic carbocycles. The molecule has 0 unspecified atom stereocenters. The summed E-state index contributed by atoms with van der Waals surface area (Å²) in [5, 5.41) is 1.89. The van der Waals surface area contributed by atoms with E-state index in [1.165, 1.54) is 0 Å². The summed E-state index contributed by atoms with van der Waals surface area (Å²) in [4.78, 5) is 54.8. The van der Waals surface area contributed by atoms with Crippen LogP contribution in [0.15, 0.2) is 109 Å². The first-order valence-corrected chi connectivity index (χ1v) is 17.6. The number of fused-ring (bicyclic) bond motifs is 3. The van der Waals surface area contributed by atoms with Gasteiger partial charge in [-0.25, -0.2) is 4.98 Å². The number of aromatic nitrogens is 1. The molecule has 1 aromatic heterocycles. The number of ether oxygens (including phenoxy) is 1. The number of rotatable bonds is 7. The smallest absolute Gasteiger partial charge is 0.259 e. The zero-order chi connectivity index (χ0) is 33.6. The van der Waals surface area contributed by atoms with Gasteiger partial charge in [-0.1, -0.05) is 91.7 Å². The molecule has 2 amide bonds. The molecule has 3 aliphatic rings. The van der Waals surface area contributed by atoms with Crippen LogP contribution in [0.5, 0.6) is 11.6 Å². The topological polar surface area (TPSA) is 97.8 Å². The second-order valence-corrected chi connectivity index (χ2v) is 13.7. The molecular formula is C41H43N3O5. The van der Waals surface area contributed by atoms with Crippen LogP contribution in [-0.2, 0) is 20.8 Å². The highest BCUT2D eigenvalue weighted by atomic mass is 16.7. The molecule has 3 heterocycles. The Morgan fingerprint density at radius 2 is 1.69 bits per heavy atom. The van der Waals surface area contributed by atoms with Crippen molar-refractivity contribution in [2.24, 2.45) is 17.3 Å². The van der Waals surface area contributed by atoms with Crippen LogP contribution in [0.1, 0.15) is 56.9 Å². The summed E-state index contributed by atoms with van der Waals surface area (Å²) in [5.41, 5.74) is 2.81. The van der Waals surface area contributed by atoms with Crippen LogP contribution in [0, 0.1) is 17.3 Å². The minimum atomic E-state index is -0.934. The highest BCUT2D eigenvalue weighted by Crippen LogP contribution is 2.57. The number of para-hydroxylation sites is 1. The molecule has 0 spiro atoms. The Labute approximate surface area is 287 Å². The lowest BCUT2D eigenvalue weighted by Gasteiger charge is -2.29. The number of hydrogen-bond donors (Lipinski definition) is 1. The van der Waals surface area contributed by atoms with Gasteiger partial charge in [0.2, 0.25) is 11.8 Å². The van der Waals surface area contributed by atoms with Gasteiger partial charge in [0, 0.05) is 30.3 Å². The minimum Gasteiger partial charge on any atom is -0.472 e. The molecular weight excluding hydrogens is 614 g/mol. The Balaban J connectivity index is 1.17. The van der Waals surface area contributed by atoms with Crippen LogP contribution in [-0.4, -0.2) is 46.2 Å². The summed E-state index contributed by atoms with van der Waals surface area (Å²) < 4.78 is 6.51. The number of pyridine rings is 1. The van der Waals surface area contributed by atoms with E-state index in [1.807, 2.05) is 66.7 Å². The second kappa shape index (κ2) is 14.6. The van der Waals surface area contributed by atoms with Crippen molar-refractivity contribution in [2.75, 3.05) is 6.54 Å². The SMILES string of the molecule is O=C1C[C@]2(C(=O)NOc3ccccc3)C[C@@H]2/C=C\CCCCC[C@H](Cc2ccccc2)C(=O)N2C[C@H](Oc3nccc4ccccc34)C[C@@H]12. The minimum absolute atomic E-state index is 0.0169. The fraction of sp³-hybridized carbons (Fsp3) is 0.366. The van der Waals surface area contributed by atoms with Gasteiger partial charge in [0.05, 0.1) is 18.0 Å². The molecule has 1 aliphatic carbocycles. The molecule has 1 saturated heterocycles. The van der Waals surface area contributed by atoms with Gasteiger partial charge in [-0.15, -0.1) is 0 Å². The number of ketones is 1. The largest absolute Gasteiger partial charge is 0.472 e. The highest BCUT2D eigenvalue weighted by Gasteiger charge is 2.61. The van der Waals surface area contributed by atoms with Crippen molar-refractivity contribution < 1.29 is 24.0 Å². The Kier molecular flexibility index (Phi) is 9.73. The quantitative estimate of drug-likeness (QED) is 0.169. The van der Waals surface area contributed by atoms with Crippen LogP contribution < -0.4 is 15.1 Å². The first-order chi connectivity index (χ1) is 24.0. The monoisotopic (exact) mass is 657 g/mol. The molecule has 0 radical (unpaired) electrons. The Morgan fingerprint density at radius 3 is 2.53 bits per heavy atom. The maximum atomic E-state index is 14.6. The number of nitrogens with zero attached hydrogens (tertiary/aromatic N) is 2. The van der Waals surface area contributed by atoms with Crippen molar-refractivity contribution >= 4 is 28.4 Å². The molecule has 2 fully saturated rings. The first-order valence-electron chi connectivity index (χ1n) is 17.6. The molecule has 1 N–H and O–H groups in total. The number of carbonyl (C=O) groups excluding carboxylic acids is 3. The van der Waals surface area contributed by atoms with Gasteiger partial charge in [-0.3, -0.25) is 14.4 Å². The fourth-order valence-corrected chi connectivity index (χ4v) is 7.57. The van der Waals surface area contributed by atoms with E-state index in [-0.39, 0.29) is 42.4 Å². The van der Waals surface area contributed by atoms with Crippen LogP contribution in [0.2, 0.25) is 0 Å². The van der Waals surface area contributed by atoms with E-state index < -0.39 is 17.6 Å². The van der Waals surface area contributed by atoms with Crippen molar-refractivity contribution in [1.82, 2.24) is 15.4 Å². The van der Waals surface area contributed by atoms with E-state index in [2.05, 4.69) is 34.7 Å². The molecule has 2 aliphatic heterocycles. The Bertz CT molecular complexity index is 1810. The van der Waals surface area contributed by atoms with E-state index in [0.29, 0.717) is 30.9 Å². The van der Waals surface area contributed by atoms with Crippen LogP contribution >= 0.6 is 0 Å². The molecule has 252 valence electrons. The van der Waals surface area contributed by atoms with Crippen molar-refractivity contribution in [3.63, 3.8) is 0 Å². The number of hydroxylamine groups is 1. The Morgan fingerprint density at radius 1 is 0.918 bits per heavy atom. The normalized spacial score (nSPS) is 26.5. The maximum Gasteiger partial charge on any atom is 0.259 e. The summed E-state index contributed by atoms with van der Waals surface area (Å²) in [7, 11) is 0. The third-order valence-electron chi connectivity index (χ3n) is 10.4. The van der Waals surface area contributed by atoms with E-state index in [0.717, 1.165) is 48.4 Å². The predicted molar refractivity (Wildman–Crippen MR) is 188 cm³/mol. The summed E-state index contributed by atoms with van der Waals surface area (Å²) in [5.74, 6) is 0.210. The fourth-order valence-electron chi connectivity index (χ4n) is 7.57. The lowest BCUT2D eigenvalue weighted by atomic mass is 9.90. The lowest BCUT2D eigenvalue weighted by molar-refractivity contribution is -0.143. The summed E-state index contributed by atoms with van der Waals surface area (Å²) >= 11 is 0. The molecule has 8 nitrogen and oxygen atoms in total. The van der Waals surface area contributed by atoms with E-state index in [9.17, 15) is 14.4 Å². The molecule has 0 bridgehead atoms. The van der Waals surface area contributed by atoms with Gasteiger partial charge in [0.15, 0.2) is 11.5 Å². The third kappa shape index (κ3) is 7.38. The van der Waals surface area contributed by atoms with Gasteiger partial charge < -0.3 is 14.5 Å². The molecule has 5 atom stereocenters. The average Bonchev–Trinajstić information content (AvgIpc) is 3.66. The number of amides is 2. The lowest BCUT2D eigenvalue weighted by Crippen LogP contribution is -2.46. The van der Waals surface area contributed by atoms with E-state index in [1.54, 1.807) is 23.2 Å². The van der Waals surface area contributed by atoms with Crippen molar-refractivity contribution in [1.29, 1.82) is 0 Å². The zero-order valence-electron chi connectivity index (χ0n) is 27.7. The molecule has 8 heteroatoms. The van der Waals surface area contributed by atoms with E-state index >= 15 is 0 Å². The summed E-state index contributed by atoms with van der Waals surface area (Å²) in [6.45, 7) is 0.283. The second-order valence-electron chi connectivity index (χ2n) is 13.7. The van der Waals surface area contributed by atoms with Crippen LogP contribution in [0.4, 0.5) is 0 Å². The maximum absolute atomic E-state index is 14.6. The number of hydrogen-bond acceptors (Lipinski definition) is 6. The average molecular weight is 658 g/mol. The molecule has 49 heavy (non-hydrogen) atoms. The number of nitrogens with one attached hydrogen (secondary N) is 1. The number of carbonyl (C=O) groups is 3. The third-order valence-corrected chi connectivity index (χ3v) is 10.4. The van der Waals surface area contributed by atoms with Crippen molar-refractivity contribution in [3.8, 4) is 11.6 Å². The van der Waals surface area contributed by atoms with Gasteiger partial charge in [-0.2, -0.15) is 5.48 Å². The van der Waals surface area contributed by atoms with Gasteiger partial charge in [0.1, 0.15) is 6.10 Å². The summed E-state index contributed by atoms with van der Waals surface area (Å²) in [6, 6.07) is 28.3. The number of Topliss-reactive ketones (excluding diaryl/α,β-unsaturated/α-hetero) is 1. The Hall–Kier alpha value is -4.98. The van der Waals surface area contributed by atoms with Crippen LogP contribution in [0.25, 0.3) is 10.8 Å². The molecule has 1 saturated carbocycles. The highest BCUT2D eigenvalue weighted by molar-refractivity contribution is 5.96. The van der Waals surface area contributed by atoms with Gasteiger partial charge in [0.25, 0.3) is 5.91 Å². The molecule has 4 aromatic rings. The van der Waals surface area contributed by atoms with Gasteiger partial charge >= 0.3 is 0 Å². The first kappa shape index (κ1) is 32.6. The standard InChI is InChI=1S/C41H43N3O5/c45-37-27-41(40(47)43-49-33-19-10-5-11-20-33)26-32(41)18-9-3-1-2-8-17-31(24-29-14-6-4-7-15-29)39(46)44-28-34(25-36(37)44)48-38-35-21-13-12-16-30(35)22-23-42-38/h4-7,9-16,18-23,31-32,34,36H,1-3,8,17,24-28H2,(H,43,47)/b18-9-/t31-,32+,34-,36+,41-/m1/s1. The number of allylic oxidation sites excluding steroid dienone is 2. The van der Waals surface area contributed by atoms with Crippen LogP contribution in [0.3, 0.4) is 0 Å². The van der Waals surface area contributed by atoms with Crippen molar-refractivity contribution in [3.05, 3.63) is 115 Å². The summed E-state index contributed by atoms with van der Waals surface area (Å²) in [6.07, 6.45) is 11.6.